The molecule has 2 aromatic rings. The Balaban J connectivity index is 1.53. The van der Waals surface area contributed by atoms with Gasteiger partial charge in [-0.2, -0.15) is 0 Å². The second-order valence-corrected chi connectivity index (χ2v) is 5.63. The van der Waals surface area contributed by atoms with E-state index in [2.05, 4.69) is 41.5 Å². The maximum absolute atomic E-state index is 5.40. The Morgan fingerprint density at radius 2 is 1.90 bits per heavy atom. The molecular formula is C17H22N2O. The average molecular weight is 270 g/mol. The highest BCUT2D eigenvalue weighted by Crippen LogP contribution is 2.20. The van der Waals surface area contributed by atoms with Crippen molar-refractivity contribution in [2.75, 3.05) is 20.1 Å². The second kappa shape index (κ2) is 6.25. The molecule has 20 heavy (non-hydrogen) atoms. The largest absolute Gasteiger partial charge is 0.464 e. The van der Waals surface area contributed by atoms with Gasteiger partial charge in [0, 0.05) is 18.2 Å². The Labute approximate surface area is 120 Å². The van der Waals surface area contributed by atoms with Crippen LogP contribution >= 0.6 is 0 Å². The van der Waals surface area contributed by atoms with E-state index in [1.54, 1.807) is 6.26 Å². The molecule has 1 fully saturated rings. The summed E-state index contributed by atoms with van der Waals surface area (Å²) in [4.78, 5) is 2.40. The predicted molar refractivity (Wildman–Crippen MR) is 81.5 cm³/mol. The Kier molecular flexibility index (Phi) is 4.19. The monoisotopic (exact) mass is 270 g/mol. The molecule has 1 aliphatic heterocycles. The molecule has 3 nitrogen and oxygen atoms in total. The Morgan fingerprint density at radius 1 is 1.15 bits per heavy atom. The predicted octanol–water partition coefficient (Wildman–Crippen LogP) is 3.13. The SMILES string of the molecule is CN1CCC(NCc2ccc(-c3ccco3)cc2)CC1. The molecule has 0 bridgehead atoms. The number of piperidine rings is 1. The standard InChI is InChI=1S/C17H22N2O/c1-19-10-8-16(9-11-19)18-13-14-4-6-15(7-5-14)17-3-2-12-20-17/h2-7,12,16,18H,8-11,13H2,1H3. The van der Waals surface area contributed by atoms with Crippen LogP contribution in [-0.2, 0) is 6.54 Å². The average Bonchev–Trinajstić information content (AvgIpc) is 3.01. The van der Waals surface area contributed by atoms with Gasteiger partial charge in [0.1, 0.15) is 5.76 Å². The smallest absolute Gasteiger partial charge is 0.133 e. The van der Waals surface area contributed by atoms with Crippen LogP contribution in [0.4, 0.5) is 0 Å². The molecule has 0 atom stereocenters. The molecule has 0 saturated carbocycles. The molecule has 3 rings (SSSR count). The van der Waals surface area contributed by atoms with Gasteiger partial charge in [0.2, 0.25) is 0 Å². The van der Waals surface area contributed by atoms with Gasteiger partial charge >= 0.3 is 0 Å². The van der Waals surface area contributed by atoms with Crippen LogP contribution in [0.1, 0.15) is 18.4 Å². The lowest BCUT2D eigenvalue weighted by Gasteiger charge is -2.29. The summed E-state index contributed by atoms with van der Waals surface area (Å²) in [5.41, 5.74) is 2.47. The zero-order valence-corrected chi connectivity index (χ0v) is 12.0. The summed E-state index contributed by atoms with van der Waals surface area (Å²) >= 11 is 0. The van der Waals surface area contributed by atoms with E-state index < -0.39 is 0 Å². The topological polar surface area (TPSA) is 28.4 Å². The fourth-order valence-electron chi connectivity index (χ4n) is 2.70. The molecule has 0 aliphatic carbocycles. The quantitative estimate of drug-likeness (QED) is 0.925. The summed E-state index contributed by atoms with van der Waals surface area (Å²) in [6.45, 7) is 3.36. The minimum atomic E-state index is 0.663. The molecule has 2 heterocycles. The van der Waals surface area contributed by atoms with Crippen LogP contribution in [0.5, 0.6) is 0 Å². The van der Waals surface area contributed by atoms with Gasteiger partial charge in [0.15, 0.2) is 0 Å². The van der Waals surface area contributed by atoms with E-state index in [4.69, 9.17) is 4.42 Å². The molecule has 106 valence electrons. The van der Waals surface area contributed by atoms with Crippen molar-refractivity contribution in [2.24, 2.45) is 0 Å². The van der Waals surface area contributed by atoms with Crippen LogP contribution < -0.4 is 5.32 Å². The van der Waals surface area contributed by atoms with E-state index in [0.29, 0.717) is 6.04 Å². The third-order valence-electron chi connectivity index (χ3n) is 4.07. The molecule has 3 heteroatoms. The molecule has 1 aromatic carbocycles. The minimum Gasteiger partial charge on any atom is -0.464 e. The lowest BCUT2D eigenvalue weighted by atomic mass is 10.0. The number of rotatable bonds is 4. The molecule has 0 spiro atoms. The van der Waals surface area contributed by atoms with E-state index in [-0.39, 0.29) is 0 Å². The number of hydrogen-bond donors (Lipinski definition) is 1. The molecule has 1 N–H and O–H groups in total. The number of nitrogens with zero attached hydrogens (tertiary/aromatic N) is 1. The van der Waals surface area contributed by atoms with Gasteiger partial charge in [-0.05, 0) is 50.7 Å². The van der Waals surface area contributed by atoms with Crippen molar-refractivity contribution in [3.8, 4) is 11.3 Å². The highest BCUT2D eigenvalue weighted by atomic mass is 16.3. The highest BCUT2D eigenvalue weighted by molar-refractivity contribution is 5.57. The molecule has 1 aliphatic rings. The first-order valence-corrected chi connectivity index (χ1v) is 7.36. The van der Waals surface area contributed by atoms with Gasteiger partial charge in [-0.25, -0.2) is 0 Å². The van der Waals surface area contributed by atoms with Crippen molar-refractivity contribution in [1.82, 2.24) is 10.2 Å². The number of likely N-dealkylation sites (tertiary alicyclic amines) is 1. The van der Waals surface area contributed by atoms with Gasteiger partial charge in [-0.1, -0.05) is 24.3 Å². The Hall–Kier alpha value is -1.58. The Morgan fingerprint density at radius 3 is 2.55 bits per heavy atom. The molecule has 0 radical (unpaired) electrons. The Bertz CT molecular complexity index is 510. The van der Waals surface area contributed by atoms with Crippen molar-refractivity contribution in [3.05, 3.63) is 48.2 Å². The summed E-state index contributed by atoms with van der Waals surface area (Å²) in [5, 5.41) is 3.66. The number of furan rings is 1. The summed E-state index contributed by atoms with van der Waals surface area (Å²) in [6.07, 6.45) is 4.22. The van der Waals surface area contributed by atoms with Crippen molar-refractivity contribution in [2.45, 2.75) is 25.4 Å². The summed E-state index contributed by atoms with van der Waals surface area (Å²) in [5.74, 6) is 0.930. The zero-order valence-electron chi connectivity index (χ0n) is 12.0. The third kappa shape index (κ3) is 3.30. The fraction of sp³-hybridized carbons (Fsp3) is 0.412. The van der Waals surface area contributed by atoms with Crippen molar-refractivity contribution in [3.63, 3.8) is 0 Å². The number of hydrogen-bond acceptors (Lipinski definition) is 3. The number of benzene rings is 1. The summed E-state index contributed by atoms with van der Waals surface area (Å²) in [7, 11) is 2.20. The maximum Gasteiger partial charge on any atom is 0.133 e. The fourth-order valence-corrected chi connectivity index (χ4v) is 2.70. The zero-order chi connectivity index (χ0) is 13.8. The molecule has 0 unspecified atom stereocenters. The first-order chi connectivity index (χ1) is 9.81. The summed E-state index contributed by atoms with van der Waals surface area (Å²) < 4.78 is 5.40. The molecule has 1 aromatic heterocycles. The van der Waals surface area contributed by atoms with E-state index in [1.165, 1.54) is 31.5 Å². The first-order valence-electron chi connectivity index (χ1n) is 7.36. The van der Waals surface area contributed by atoms with Crippen LogP contribution in [0.2, 0.25) is 0 Å². The molecular weight excluding hydrogens is 248 g/mol. The van der Waals surface area contributed by atoms with E-state index in [1.807, 2.05) is 12.1 Å². The van der Waals surface area contributed by atoms with E-state index >= 15 is 0 Å². The lowest BCUT2D eigenvalue weighted by molar-refractivity contribution is 0.234. The van der Waals surface area contributed by atoms with Crippen LogP contribution in [0.3, 0.4) is 0 Å². The van der Waals surface area contributed by atoms with Crippen LogP contribution in [0, 0.1) is 0 Å². The van der Waals surface area contributed by atoms with Gasteiger partial charge in [0.05, 0.1) is 6.26 Å². The molecule has 0 amide bonds. The minimum absolute atomic E-state index is 0.663. The van der Waals surface area contributed by atoms with Crippen LogP contribution in [0.25, 0.3) is 11.3 Å². The van der Waals surface area contributed by atoms with Gasteiger partial charge < -0.3 is 14.6 Å². The van der Waals surface area contributed by atoms with Gasteiger partial charge in [0.25, 0.3) is 0 Å². The second-order valence-electron chi connectivity index (χ2n) is 5.63. The summed E-state index contributed by atoms with van der Waals surface area (Å²) in [6, 6.07) is 13.2. The van der Waals surface area contributed by atoms with Gasteiger partial charge in [-0.3, -0.25) is 0 Å². The van der Waals surface area contributed by atoms with E-state index in [0.717, 1.165) is 17.9 Å². The first kappa shape index (κ1) is 13.4. The van der Waals surface area contributed by atoms with Crippen LogP contribution in [0.15, 0.2) is 47.1 Å². The molecule has 1 saturated heterocycles. The van der Waals surface area contributed by atoms with Gasteiger partial charge in [-0.15, -0.1) is 0 Å². The lowest BCUT2D eigenvalue weighted by Crippen LogP contribution is -2.40. The van der Waals surface area contributed by atoms with Crippen molar-refractivity contribution in [1.29, 1.82) is 0 Å². The highest BCUT2D eigenvalue weighted by Gasteiger charge is 2.15. The van der Waals surface area contributed by atoms with E-state index in [9.17, 15) is 0 Å². The maximum atomic E-state index is 5.40. The van der Waals surface area contributed by atoms with Crippen molar-refractivity contribution < 1.29 is 4.42 Å². The van der Waals surface area contributed by atoms with Crippen LogP contribution in [-0.4, -0.2) is 31.1 Å². The third-order valence-corrected chi connectivity index (χ3v) is 4.07. The normalized spacial score (nSPS) is 17.4. The van der Waals surface area contributed by atoms with Crippen molar-refractivity contribution >= 4 is 0 Å². The number of nitrogens with one attached hydrogen (secondary N) is 1.